The molecule has 1 amide bonds. The number of nitrogens with one attached hydrogen (secondary N) is 1. The highest BCUT2D eigenvalue weighted by Gasteiger charge is 2.17. The Bertz CT molecular complexity index is 1000. The first kappa shape index (κ1) is 16.0. The molecule has 130 valence electrons. The van der Waals surface area contributed by atoms with Gasteiger partial charge in [0.2, 0.25) is 0 Å². The fourth-order valence-electron chi connectivity index (χ4n) is 2.97. The van der Waals surface area contributed by atoms with E-state index in [1.165, 1.54) is 11.2 Å². The zero-order chi connectivity index (χ0) is 17.9. The summed E-state index contributed by atoms with van der Waals surface area (Å²) in [4.78, 5) is 25.4. The molecule has 1 aromatic carbocycles. The van der Waals surface area contributed by atoms with Crippen LogP contribution in [0.4, 0.5) is 16.3 Å². The number of hydrogen-bond acceptors (Lipinski definition) is 5. The van der Waals surface area contributed by atoms with Crippen LogP contribution >= 0.6 is 0 Å². The predicted octanol–water partition coefficient (Wildman–Crippen LogP) is 3.54. The number of carbonyl (C=O) groups is 1. The number of rotatable bonds is 3. The molecule has 7 heteroatoms. The third kappa shape index (κ3) is 3.32. The highest BCUT2D eigenvalue weighted by Crippen LogP contribution is 2.24. The lowest BCUT2D eigenvalue weighted by molar-refractivity contribution is 0.150. The minimum atomic E-state index is -0.893. The van der Waals surface area contributed by atoms with Crippen LogP contribution in [-0.4, -0.2) is 44.1 Å². The molecule has 4 rings (SSSR count). The van der Waals surface area contributed by atoms with Crippen LogP contribution in [0.2, 0.25) is 0 Å². The van der Waals surface area contributed by atoms with E-state index in [-0.39, 0.29) is 0 Å². The van der Waals surface area contributed by atoms with Crippen LogP contribution in [0.5, 0.6) is 0 Å². The molecule has 7 nitrogen and oxygen atoms in total. The zero-order valence-electron chi connectivity index (χ0n) is 14.0. The molecule has 0 saturated carbocycles. The van der Waals surface area contributed by atoms with Crippen molar-refractivity contribution in [1.82, 2.24) is 19.9 Å². The summed E-state index contributed by atoms with van der Waals surface area (Å²) in [5.74, 6) is 0.687. The second-order valence-electron chi connectivity index (χ2n) is 6.03. The fraction of sp³-hybridized carbons (Fsp3) is 0.158. The molecule has 3 aromatic rings. The SMILES string of the molecule is O=C(O)N1CC=C(c2cc(Nc3ccc4cccnc4c3)ncn2)CC1. The Morgan fingerprint density at radius 3 is 2.88 bits per heavy atom. The average Bonchev–Trinajstić information content (AvgIpc) is 2.68. The van der Waals surface area contributed by atoms with Gasteiger partial charge in [0.25, 0.3) is 0 Å². The maximum atomic E-state index is 11.0. The van der Waals surface area contributed by atoms with E-state index in [4.69, 9.17) is 5.11 Å². The van der Waals surface area contributed by atoms with Crippen molar-refractivity contribution in [2.45, 2.75) is 6.42 Å². The summed E-state index contributed by atoms with van der Waals surface area (Å²) >= 11 is 0. The van der Waals surface area contributed by atoms with E-state index in [1.54, 1.807) is 6.20 Å². The van der Waals surface area contributed by atoms with E-state index >= 15 is 0 Å². The van der Waals surface area contributed by atoms with Crippen molar-refractivity contribution in [2.75, 3.05) is 18.4 Å². The van der Waals surface area contributed by atoms with Gasteiger partial charge in [-0.05, 0) is 30.2 Å². The summed E-state index contributed by atoms with van der Waals surface area (Å²) < 4.78 is 0. The van der Waals surface area contributed by atoms with Crippen molar-refractivity contribution < 1.29 is 9.90 Å². The normalized spacial score (nSPS) is 14.2. The standard InChI is InChI=1S/C19H17N5O2/c25-19(26)24-8-5-14(6-9-24)17-11-18(22-12-21-17)23-15-4-3-13-2-1-7-20-16(13)10-15/h1-5,7,10-12H,6,8-9H2,(H,25,26)(H,21,22,23). The Morgan fingerprint density at radius 2 is 2.08 bits per heavy atom. The number of amides is 1. The number of nitrogens with zero attached hydrogens (tertiary/aromatic N) is 4. The molecule has 0 aliphatic carbocycles. The second-order valence-corrected chi connectivity index (χ2v) is 6.03. The van der Waals surface area contributed by atoms with Gasteiger partial charge in [0.05, 0.1) is 11.2 Å². The molecule has 2 aromatic heterocycles. The summed E-state index contributed by atoms with van der Waals surface area (Å²) in [6, 6.07) is 11.8. The van der Waals surface area contributed by atoms with Gasteiger partial charge in [-0.2, -0.15) is 0 Å². The lowest BCUT2D eigenvalue weighted by Crippen LogP contribution is -2.33. The van der Waals surface area contributed by atoms with Crippen LogP contribution < -0.4 is 5.32 Å². The van der Waals surface area contributed by atoms with Gasteiger partial charge in [-0.25, -0.2) is 14.8 Å². The summed E-state index contributed by atoms with van der Waals surface area (Å²) in [6.07, 6.45) is 4.94. The molecule has 0 unspecified atom stereocenters. The van der Waals surface area contributed by atoms with E-state index in [0.29, 0.717) is 25.3 Å². The molecule has 1 aliphatic heterocycles. The minimum absolute atomic E-state index is 0.383. The Balaban J connectivity index is 1.55. The third-order valence-corrected chi connectivity index (χ3v) is 4.35. The van der Waals surface area contributed by atoms with Crippen molar-refractivity contribution in [1.29, 1.82) is 0 Å². The number of benzene rings is 1. The zero-order valence-corrected chi connectivity index (χ0v) is 14.0. The summed E-state index contributed by atoms with van der Waals surface area (Å²) in [5.41, 5.74) is 3.66. The molecule has 1 aliphatic rings. The Morgan fingerprint density at radius 1 is 1.15 bits per heavy atom. The molecule has 0 saturated heterocycles. The number of hydrogen-bond donors (Lipinski definition) is 2. The number of carboxylic acid groups (broad SMARTS) is 1. The maximum absolute atomic E-state index is 11.0. The molecule has 0 fully saturated rings. The number of aromatic nitrogens is 3. The summed E-state index contributed by atoms with van der Waals surface area (Å²) in [6.45, 7) is 0.859. The molecule has 0 bridgehead atoms. The van der Waals surface area contributed by atoms with Gasteiger partial charge in [-0.3, -0.25) is 4.98 Å². The van der Waals surface area contributed by atoms with Crippen LogP contribution in [0, 0.1) is 0 Å². The molecular formula is C19H17N5O2. The largest absolute Gasteiger partial charge is 0.465 e. The van der Waals surface area contributed by atoms with E-state index in [9.17, 15) is 4.79 Å². The van der Waals surface area contributed by atoms with E-state index in [0.717, 1.165) is 27.9 Å². The van der Waals surface area contributed by atoms with Gasteiger partial charge in [0.1, 0.15) is 12.1 Å². The highest BCUT2D eigenvalue weighted by atomic mass is 16.4. The summed E-state index contributed by atoms with van der Waals surface area (Å²) in [7, 11) is 0. The van der Waals surface area contributed by atoms with Crippen LogP contribution in [0.25, 0.3) is 16.5 Å². The van der Waals surface area contributed by atoms with Gasteiger partial charge in [0.15, 0.2) is 0 Å². The van der Waals surface area contributed by atoms with Gasteiger partial charge in [0, 0.05) is 36.4 Å². The highest BCUT2D eigenvalue weighted by molar-refractivity contribution is 5.83. The monoisotopic (exact) mass is 347 g/mol. The van der Waals surface area contributed by atoms with Crippen LogP contribution in [0.15, 0.2) is 55.0 Å². The molecule has 0 radical (unpaired) electrons. The molecular weight excluding hydrogens is 330 g/mol. The Hall–Kier alpha value is -3.48. The Labute approximate surface area is 150 Å². The van der Waals surface area contributed by atoms with Gasteiger partial charge < -0.3 is 15.3 Å². The Kier molecular flexibility index (Phi) is 4.18. The average molecular weight is 347 g/mol. The maximum Gasteiger partial charge on any atom is 0.407 e. The van der Waals surface area contributed by atoms with E-state index < -0.39 is 6.09 Å². The van der Waals surface area contributed by atoms with Crippen LogP contribution in [-0.2, 0) is 0 Å². The van der Waals surface area contributed by atoms with E-state index in [1.807, 2.05) is 42.5 Å². The van der Waals surface area contributed by atoms with Crippen LogP contribution in [0.3, 0.4) is 0 Å². The van der Waals surface area contributed by atoms with Crippen LogP contribution in [0.1, 0.15) is 12.1 Å². The smallest absolute Gasteiger partial charge is 0.407 e. The minimum Gasteiger partial charge on any atom is -0.465 e. The van der Waals surface area contributed by atoms with Gasteiger partial charge in [-0.15, -0.1) is 0 Å². The molecule has 26 heavy (non-hydrogen) atoms. The molecule has 2 N–H and O–H groups in total. The predicted molar refractivity (Wildman–Crippen MR) is 99.2 cm³/mol. The van der Waals surface area contributed by atoms with Gasteiger partial charge >= 0.3 is 6.09 Å². The number of anilines is 2. The van der Waals surface area contributed by atoms with E-state index in [2.05, 4.69) is 20.3 Å². The first-order valence-electron chi connectivity index (χ1n) is 8.30. The molecule has 0 spiro atoms. The van der Waals surface area contributed by atoms with Crippen molar-refractivity contribution in [3.63, 3.8) is 0 Å². The molecule has 0 atom stereocenters. The summed E-state index contributed by atoms with van der Waals surface area (Å²) in [5, 5.41) is 13.4. The third-order valence-electron chi connectivity index (χ3n) is 4.35. The fourth-order valence-corrected chi connectivity index (χ4v) is 2.97. The van der Waals surface area contributed by atoms with Crippen molar-refractivity contribution in [3.05, 3.63) is 60.7 Å². The van der Waals surface area contributed by atoms with Crippen molar-refractivity contribution >= 4 is 34.1 Å². The first-order valence-corrected chi connectivity index (χ1v) is 8.30. The topological polar surface area (TPSA) is 91.2 Å². The lowest BCUT2D eigenvalue weighted by atomic mass is 10.0. The van der Waals surface area contributed by atoms with Gasteiger partial charge in [-0.1, -0.05) is 18.2 Å². The lowest BCUT2D eigenvalue weighted by Gasteiger charge is -2.23. The number of fused-ring (bicyclic) bond motifs is 1. The quantitative estimate of drug-likeness (QED) is 0.753. The molecule has 3 heterocycles. The van der Waals surface area contributed by atoms with Crippen molar-refractivity contribution in [2.24, 2.45) is 0 Å². The van der Waals surface area contributed by atoms with Crippen molar-refractivity contribution in [3.8, 4) is 0 Å². The number of pyridine rings is 1. The second kappa shape index (κ2) is 6.79. The first-order chi connectivity index (χ1) is 12.7.